The Morgan fingerprint density at radius 2 is 2.04 bits per heavy atom. The van der Waals surface area contributed by atoms with E-state index in [9.17, 15) is 9.59 Å². The van der Waals surface area contributed by atoms with Crippen LogP contribution >= 0.6 is 0 Å². The topological polar surface area (TPSA) is 67.2 Å². The molecule has 0 radical (unpaired) electrons. The second-order valence-corrected chi connectivity index (χ2v) is 8.05. The normalized spacial score (nSPS) is 21.2. The van der Waals surface area contributed by atoms with Crippen molar-refractivity contribution in [2.24, 2.45) is 5.41 Å². The van der Waals surface area contributed by atoms with Crippen LogP contribution in [0.2, 0.25) is 0 Å². The van der Waals surface area contributed by atoms with E-state index >= 15 is 0 Å². The van der Waals surface area contributed by atoms with Crippen molar-refractivity contribution in [2.75, 3.05) is 19.6 Å². The van der Waals surface area contributed by atoms with Crippen LogP contribution in [0.1, 0.15) is 63.6 Å². The van der Waals surface area contributed by atoms with E-state index < -0.39 is 5.41 Å². The first kappa shape index (κ1) is 18.5. The van der Waals surface area contributed by atoms with Crippen molar-refractivity contribution in [2.45, 2.75) is 59.9 Å². The summed E-state index contributed by atoms with van der Waals surface area (Å²) in [5.41, 5.74) is 0.753. The van der Waals surface area contributed by atoms with E-state index in [0.29, 0.717) is 31.7 Å². The molecule has 2 amide bonds. The summed E-state index contributed by atoms with van der Waals surface area (Å²) in [6.45, 7) is 13.8. The molecule has 1 aliphatic rings. The average molecular weight is 334 g/mol. The number of carbonyl (C=O) groups is 2. The molecule has 1 fully saturated rings. The van der Waals surface area contributed by atoms with Gasteiger partial charge in [-0.2, -0.15) is 5.10 Å². The molecule has 1 aliphatic heterocycles. The predicted molar refractivity (Wildman–Crippen MR) is 93.9 cm³/mol. The minimum atomic E-state index is -0.507. The molecule has 2 heterocycles. The van der Waals surface area contributed by atoms with Crippen molar-refractivity contribution in [3.05, 3.63) is 17.5 Å². The summed E-state index contributed by atoms with van der Waals surface area (Å²) >= 11 is 0. The lowest BCUT2D eigenvalue weighted by atomic mass is 9.88. The molecule has 0 saturated carbocycles. The third kappa shape index (κ3) is 3.62. The maximum Gasteiger partial charge on any atom is 0.274 e. The fourth-order valence-electron chi connectivity index (χ4n) is 3.19. The van der Waals surface area contributed by atoms with Gasteiger partial charge in [-0.3, -0.25) is 14.3 Å². The van der Waals surface area contributed by atoms with Crippen LogP contribution in [0.3, 0.4) is 0 Å². The monoisotopic (exact) mass is 334 g/mol. The van der Waals surface area contributed by atoms with Gasteiger partial charge in [-0.1, -0.05) is 6.92 Å². The smallest absolute Gasteiger partial charge is 0.274 e. The minimum Gasteiger partial charge on any atom is -0.356 e. The highest BCUT2D eigenvalue weighted by Gasteiger charge is 2.42. The first-order chi connectivity index (χ1) is 11.1. The van der Waals surface area contributed by atoms with E-state index in [1.165, 1.54) is 0 Å². The lowest BCUT2D eigenvalue weighted by Gasteiger charge is -2.23. The van der Waals surface area contributed by atoms with Gasteiger partial charge in [0.25, 0.3) is 5.91 Å². The largest absolute Gasteiger partial charge is 0.356 e. The SMILES string of the molecule is CCCNC(=O)C1(C)CCN(C(=O)c2cc(C)n(C(C)(C)C)n2)C1. The van der Waals surface area contributed by atoms with Crippen molar-refractivity contribution in [3.8, 4) is 0 Å². The van der Waals surface area contributed by atoms with E-state index in [2.05, 4.69) is 31.2 Å². The van der Waals surface area contributed by atoms with Gasteiger partial charge in [-0.05, 0) is 53.5 Å². The van der Waals surface area contributed by atoms with E-state index in [0.717, 1.165) is 12.1 Å². The highest BCUT2D eigenvalue weighted by atomic mass is 16.2. The first-order valence-electron chi connectivity index (χ1n) is 8.73. The van der Waals surface area contributed by atoms with Gasteiger partial charge in [-0.15, -0.1) is 0 Å². The average Bonchev–Trinajstić information content (AvgIpc) is 3.08. The van der Waals surface area contributed by atoms with Gasteiger partial charge in [0.05, 0.1) is 11.0 Å². The van der Waals surface area contributed by atoms with Crippen LogP contribution in [0, 0.1) is 12.3 Å². The second kappa shape index (κ2) is 6.57. The molecule has 1 atom stereocenters. The Balaban J connectivity index is 2.11. The predicted octanol–water partition coefficient (Wildman–Crippen LogP) is 2.32. The molecule has 0 aliphatic carbocycles. The van der Waals surface area contributed by atoms with Crippen molar-refractivity contribution < 1.29 is 9.59 Å². The molecular formula is C18H30N4O2. The molecule has 0 bridgehead atoms. The van der Waals surface area contributed by atoms with Gasteiger partial charge >= 0.3 is 0 Å². The van der Waals surface area contributed by atoms with E-state index in [4.69, 9.17) is 0 Å². The molecule has 134 valence electrons. The quantitative estimate of drug-likeness (QED) is 0.919. The van der Waals surface area contributed by atoms with E-state index in [-0.39, 0.29) is 17.4 Å². The molecule has 1 aromatic rings. The number of hydrogen-bond donors (Lipinski definition) is 1. The van der Waals surface area contributed by atoms with Crippen LogP contribution in [-0.2, 0) is 10.3 Å². The summed E-state index contributed by atoms with van der Waals surface area (Å²) < 4.78 is 1.88. The molecule has 24 heavy (non-hydrogen) atoms. The minimum absolute atomic E-state index is 0.0380. The first-order valence-corrected chi connectivity index (χ1v) is 8.73. The van der Waals surface area contributed by atoms with Crippen LogP contribution in [-0.4, -0.2) is 46.1 Å². The lowest BCUT2D eigenvalue weighted by molar-refractivity contribution is -0.129. The van der Waals surface area contributed by atoms with Crippen LogP contribution in [0.25, 0.3) is 0 Å². The Kier molecular flexibility index (Phi) is 5.06. The highest BCUT2D eigenvalue weighted by Crippen LogP contribution is 2.31. The maximum atomic E-state index is 12.8. The summed E-state index contributed by atoms with van der Waals surface area (Å²) in [6, 6.07) is 1.83. The third-order valence-electron chi connectivity index (χ3n) is 4.59. The van der Waals surface area contributed by atoms with Gasteiger partial charge in [0.2, 0.25) is 5.91 Å². The molecule has 6 heteroatoms. The number of amides is 2. The Morgan fingerprint density at radius 3 is 2.58 bits per heavy atom. The van der Waals surface area contributed by atoms with Crippen LogP contribution < -0.4 is 5.32 Å². The van der Waals surface area contributed by atoms with Crippen molar-refractivity contribution in [1.82, 2.24) is 20.0 Å². The molecule has 6 nitrogen and oxygen atoms in total. The standard InChI is InChI=1S/C18H30N4O2/c1-7-9-19-16(24)18(6)8-10-21(12-18)15(23)14-11-13(2)22(20-14)17(3,4)5/h11H,7-10,12H2,1-6H3,(H,19,24). The summed E-state index contributed by atoms with van der Waals surface area (Å²) in [7, 11) is 0. The van der Waals surface area contributed by atoms with Crippen LogP contribution in [0.5, 0.6) is 0 Å². The Bertz CT molecular complexity index is 629. The van der Waals surface area contributed by atoms with Crippen molar-refractivity contribution >= 4 is 11.8 Å². The summed E-state index contributed by atoms with van der Waals surface area (Å²) in [4.78, 5) is 26.9. The van der Waals surface area contributed by atoms with Gasteiger partial charge in [-0.25, -0.2) is 0 Å². The van der Waals surface area contributed by atoms with Gasteiger partial charge < -0.3 is 10.2 Å². The fourth-order valence-corrected chi connectivity index (χ4v) is 3.19. The molecular weight excluding hydrogens is 304 g/mol. The Labute approximate surface area is 144 Å². The number of carbonyl (C=O) groups excluding carboxylic acids is 2. The van der Waals surface area contributed by atoms with E-state index in [1.54, 1.807) is 4.90 Å². The maximum absolute atomic E-state index is 12.8. The summed E-state index contributed by atoms with van der Waals surface area (Å²) in [5, 5.41) is 7.44. The molecule has 2 rings (SSSR count). The molecule has 0 aromatic carbocycles. The number of hydrogen-bond acceptors (Lipinski definition) is 3. The summed E-state index contributed by atoms with van der Waals surface area (Å²) in [5.74, 6) is -0.0517. The summed E-state index contributed by atoms with van der Waals surface area (Å²) in [6.07, 6.45) is 1.60. The zero-order valence-electron chi connectivity index (χ0n) is 15.8. The second-order valence-electron chi connectivity index (χ2n) is 8.05. The highest BCUT2D eigenvalue weighted by molar-refractivity contribution is 5.93. The molecule has 1 unspecified atom stereocenters. The zero-order valence-corrected chi connectivity index (χ0v) is 15.8. The molecule has 0 spiro atoms. The Morgan fingerprint density at radius 1 is 1.38 bits per heavy atom. The van der Waals surface area contributed by atoms with Crippen LogP contribution in [0.15, 0.2) is 6.07 Å². The number of nitrogens with zero attached hydrogens (tertiary/aromatic N) is 3. The number of aromatic nitrogens is 2. The van der Waals surface area contributed by atoms with Crippen molar-refractivity contribution in [1.29, 1.82) is 0 Å². The lowest BCUT2D eigenvalue weighted by Crippen LogP contribution is -2.42. The number of nitrogens with one attached hydrogen (secondary N) is 1. The van der Waals surface area contributed by atoms with Gasteiger partial charge in [0, 0.05) is 25.3 Å². The number of rotatable bonds is 4. The van der Waals surface area contributed by atoms with Crippen LogP contribution in [0.4, 0.5) is 0 Å². The third-order valence-corrected chi connectivity index (χ3v) is 4.59. The fraction of sp³-hybridized carbons (Fsp3) is 0.722. The molecule has 1 aromatic heterocycles. The molecule has 1 N–H and O–H groups in total. The Hall–Kier alpha value is -1.85. The van der Waals surface area contributed by atoms with Crippen molar-refractivity contribution in [3.63, 3.8) is 0 Å². The van der Waals surface area contributed by atoms with Gasteiger partial charge in [0.15, 0.2) is 5.69 Å². The zero-order chi connectivity index (χ0) is 18.1. The van der Waals surface area contributed by atoms with Gasteiger partial charge in [0.1, 0.15) is 0 Å². The molecule has 1 saturated heterocycles. The number of aryl methyl sites for hydroxylation is 1. The number of likely N-dealkylation sites (tertiary alicyclic amines) is 1. The van der Waals surface area contributed by atoms with E-state index in [1.807, 2.05) is 31.5 Å².